The van der Waals surface area contributed by atoms with E-state index in [9.17, 15) is 18.0 Å². The van der Waals surface area contributed by atoms with Gasteiger partial charge in [-0.15, -0.1) is 0 Å². The van der Waals surface area contributed by atoms with Crippen LogP contribution in [0.3, 0.4) is 0 Å². The van der Waals surface area contributed by atoms with Gasteiger partial charge in [0.1, 0.15) is 5.60 Å². The fraction of sp³-hybridized carbons (Fsp3) is 0.391. The third-order valence-electron chi connectivity index (χ3n) is 4.93. The van der Waals surface area contributed by atoms with Crippen molar-refractivity contribution in [2.24, 2.45) is 5.92 Å². The second-order valence-electron chi connectivity index (χ2n) is 8.81. The molecule has 0 radical (unpaired) electrons. The second-order valence-corrected chi connectivity index (χ2v) is 11.0. The Morgan fingerprint density at radius 2 is 1.82 bits per heavy atom. The van der Waals surface area contributed by atoms with E-state index in [1.165, 1.54) is 12.1 Å². The van der Waals surface area contributed by atoms with Crippen molar-refractivity contribution in [3.63, 3.8) is 0 Å². The van der Waals surface area contributed by atoms with Crippen LogP contribution in [0.2, 0.25) is 5.02 Å². The third kappa shape index (κ3) is 7.18. The van der Waals surface area contributed by atoms with Gasteiger partial charge in [-0.05, 0) is 62.9 Å². The summed E-state index contributed by atoms with van der Waals surface area (Å²) in [5.41, 5.74) is 0.696. The summed E-state index contributed by atoms with van der Waals surface area (Å²) in [7, 11) is -3.83. The zero-order valence-electron chi connectivity index (χ0n) is 18.7. The van der Waals surface area contributed by atoms with Gasteiger partial charge in [0.25, 0.3) is 0 Å². The third-order valence-corrected chi connectivity index (χ3v) is 6.73. The van der Waals surface area contributed by atoms with Gasteiger partial charge in [0.15, 0.2) is 0 Å². The summed E-state index contributed by atoms with van der Waals surface area (Å²) in [4.78, 5) is 24.3. The minimum absolute atomic E-state index is 0.0102. The molecule has 2 amide bonds. The van der Waals surface area contributed by atoms with E-state index in [1.54, 1.807) is 39.0 Å². The van der Waals surface area contributed by atoms with Gasteiger partial charge >= 0.3 is 6.09 Å². The van der Waals surface area contributed by atoms with Gasteiger partial charge in [-0.25, -0.2) is 17.9 Å². The lowest BCUT2D eigenvalue weighted by molar-refractivity contribution is -0.117. The number of alkyl carbamates (subject to hydrolysis) is 1. The van der Waals surface area contributed by atoms with E-state index in [0.29, 0.717) is 17.1 Å². The summed E-state index contributed by atoms with van der Waals surface area (Å²) in [5, 5.41) is 5.92. The zero-order valence-corrected chi connectivity index (χ0v) is 20.3. The van der Waals surface area contributed by atoms with Crippen LogP contribution < -0.4 is 15.4 Å². The Labute approximate surface area is 199 Å². The molecule has 178 valence electrons. The highest BCUT2D eigenvalue weighted by molar-refractivity contribution is 7.89. The lowest BCUT2D eigenvalue weighted by Crippen LogP contribution is -2.37. The quantitative estimate of drug-likeness (QED) is 0.483. The van der Waals surface area contributed by atoms with Crippen LogP contribution in [-0.4, -0.2) is 39.1 Å². The number of ether oxygens (including phenoxy) is 1. The van der Waals surface area contributed by atoms with Crippen LogP contribution in [0.15, 0.2) is 53.4 Å². The molecule has 0 saturated heterocycles. The summed E-state index contributed by atoms with van der Waals surface area (Å²) >= 11 is 6.22. The number of nitrogens with one attached hydrogen (secondary N) is 3. The normalized spacial score (nSPS) is 17.8. The highest BCUT2D eigenvalue weighted by Crippen LogP contribution is 2.50. The summed E-state index contributed by atoms with van der Waals surface area (Å²) in [6, 6.07) is 13.5. The van der Waals surface area contributed by atoms with Crippen molar-refractivity contribution in [2.45, 2.75) is 43.6 Å². The van der Waals surface area contributed by atoms with Crippen LogP contribution in [0.4, 0.5) is 10.5 Å². The predicted octanol–water partition coefficient (Wildman–Crippen LogP) is 3.89. The summed E-state index contributed by atoms with van der Waals surface area (Å²) < 4.78 is 32.7. The van der Waals surface area contributed by atoms with Crippen molar-refractivity contribution < 1.29 is 22.7 Å². The molecule has 1 aliphatic carbocycles. The first-order chi connectivity index (χ1) is 15.5. The van der Waals surface area contributed by atoms with E-state index in [0.717, 1.165) is 5.56 Å². The van der Waals surface area contributed by atoms with Gasteiger partial charge in [-0.3, -0.25) is 4.79 Å². The predicted molar refractivity (Wildman–Crippen MR) is 127 cm³/mol. The van der Waals surface area contributed by atoms with Crippen molar-refractivity contribution in [1.82, 2.24) is 10.0 Å². The molecule has 3 N–H and O–H groups in total. The maximum absolute atomic E-state index is 12.6. The summed E-state index contributed by atoms with van der Waals surface area (Å²) in [6.07, 6.45) is 0.0707. The van der Waals surface area contributed by atoms with Crippen LogP contribution in [-0.2, 0) is 19.6 Å². The van der Waals surface area contributed by atoms with Gasteiger partial charge < -0.3 is 15.4 Å². The van der Waals surface area contributed by atoms with E-state index in [2.05, 4.69) is 15.4 Å². The molecule has 0 bridgehead atoms. The first-order valence-corrected chi connectivity index (χ1v) is 12.4. The molecule has 0 aliphatic heterocycles. The lowest BCUT2D eigenvalue weighted by atomic mass is 10.1. The number of sulfonamides is 1. The monoisotopic (exact) mass is 493 g/mol. The average Bonchev–Trinajstić information content (AvgIpc) is 3.51. The number of rotatable bonds is 8. The van der Waals surface area contributed by atoms with Crippen LogP contribution in [0, 0.1) is 5.92 Å². The largest absolute Gasteiger partial charge is 0.444 e. The molecule has 2 unspecified atom stereocenters. The SMILES string of the molecule is CC(C)(C)OC(=O)NCCNS(=O)(=O)c1cccc(NC(=O)C2CC2c2ccccc2Cl)c1. The molecule has 0 spiro atoms. The maximum Gasteiger partial charge on any atom is 0.407 e. The van der Waals surface area contributed by atoms with Gasteiger partial charge in [-0.2, -0.15) is 0 Å². The Hall–Kier alpha value is -2.62. The lowest BCUT2D eigenvalue weighted by Gasteiger charge is -2.19. The number of hydrogen-bond acceptors (Lipinski definition) is 5. The second kappa shape index (κ2) is 10.1. The summed E-state index contributed by atoms with van der Waals surface area (Å²) in [6.45, 7) is 5.26. The Morgan fingerprint density at radius 1 is 1.09 bits per heavy atom. The van der Waals surface area contributed by atoms with Crippen LogP contribution in [0.1, 0.15) is 38.7 Å². The van der Waals surface area contributed by atoms with E-state index in [1.807, 2.05) is 18.2 Å². The number of halogens is 1. The molecule has 2 aromatic carbocycles. The highest BCUT2D eigenvalue weighted by atomic mass is 35.5. The average molecular weight is 494 g/mol. The van der Waals surface area contributed by atoms with E-state index in [-0.39, 0.29) is 35.7 Å². The summed E-state index contributed by atoms with van der Waals surface area (Å²) in [5.74, 6) is -0.323. The fourth-order valence-electron chi connectivity index (χ4n) is 3.33. The molecule has 10 heteroatoms. The first-order valence-electron chi connectivity index (χ1n) is 10.6. The number of carbonyl (C=O) groups excluding carboxylic acids is 2. The molecule has 0 heterocycles. The van der Waals surface area contributed by atoms with Gasteiger partial charge in [-0.1, -0.05) is 35.9 Å². The van der Waals surface area contributed by atoms with Gasteiger partial charge in [0.05, 0.1) is 4.90 Å². The number of anilines is 1. The van der Waals surface area contributed by atoms with Crippen molar-refractivity contribution >= 4 is 39.3 Å². The molecule has 1 saturated carbocycles. The van der Waals surface area contributed by atoms with E-state index in [4.69, 9.17) is 16.3 Å². The Bertz CT molecular complexity index is 1130. The molecule has 8 nitrogen and oxygen atoms in total. The van der Waals surface area contributed by atoms with Crippen molar-refractivity contribution in [3.05, 3.63) is 59.1 Å². The molecule has 3 rings (SSSR count). The molecule has 2 atom stereocenters. The fourth-order valence-corrected chi connectivity index (χ4v) is 4.68. The van der Waals surface area contributed by atoms with Crippen molar-refractivity contribution in [1.29, 1.82) is 0 Å². The molecular formula is C23H28ClN3O5S. The van der Waals surface area contributed by atoms with Crippen LogP contribution in [0.25, 0.3) is 0 Å². The Kier molecular flexibility index (Phi) is 7.66. The minimum atomic E-state index is -3.83. The van der Waals surface area contributed by atoms with Gasteiger partial charge in [0.2, 0.25) is 15.9 Å². The molecule has 0 aromatic heterocycles. The highest BCUT2D eigenvalue weighted by Gasteiger charge is 2.44. The molecule has 2 aromatic rings. The maximum atomic E-state index is 12.6. The van der Waals surface area contributed by atoms with Gasteiger partial charge in [0, 0.05) is 29.7 Å². The molecule has 1 fully saturated rings. The Morgan fingerprint density at radius 3 is 2.52 bits per heavy atom. The number of hydrogen-bond donors (Lipinski definition) is 3. The first kappa shape index (κ1) is 25.0. The standard InChI is InChI=1S/C23H28ClN3O5S/c1-23(2,3)32-22(29)25-11-12-26-33(30,31)16-8-6-7-15(13-16)27-21(28)19-14-18(19)17-9-4-5-10-20(17)24/h4-10,13,18-19,26H,11-12,14H2,1-3H3,(H,25,29)(H,27,28). The van der Waals surface area contributed by atoms with Crippen molar-refractivity contribution in [3.8, 4) is 0 Å². The molecule has 33 heavy (non-hydrogen) atoms. The number of benzene rings is 2. The Balaban J connectivity index is 1.53. The minimum Gasteiger partial charge on any atom is -0.444 e. The van der Waals surface area contributed by atoms with Crippen LogP contribution in [0.5, 0.6) is 0 Å². The van der Waals surface area contributed by atoms with Crippen molar-refractivity contribution in [2.75, 3.05) is 18.4 Å². The number of carbonyl (C=O) groups is 2. The van der Waals surface area contributed by atoms with E-state index < -0.39 is 21.7 Å². The molecule has 1 aliphatic rings. The molecular weight excluding hydrogens is 466 g/mol. The van der Waals surface area contributed by atoms with Crippen LogP contribution >= 0.6 is 11.6 Å². The van der Waals surface area contributed by atoms with E-state index >= 15 is 0 Å². The smallest absolute Gasteiger partial charge is 0.407 e. The number of amides is 2. The zero-order chi connectivity index (χ0) is 24.2. The topological polar surface area (TPSA) is 114 Å².